The van der Waals surface area contributed by atoms with Gasteiger partial charge in [-0.2, -0.15) is 0 Å². The summed E-state index contributed by atoms with van der Waals surface area (Å²) in [7, 11) is 0. The van der Waals surface area contributed by atoms with E-state index in [-0.39, 0.29) is 23.0 Å². The molecule has 1 aliphatic rings. The molecule has 0 aromatic heterocycles. The molecule has 0 saturated carbocycles. The summed E-state index contributed by atoms with van der Waals surface area (Å²) in [5.74, 6) is 0.750. The van der Waals surface area contributed by atoms with Gasteiger partial charge in [-0.3, -0.25) is 19.3 Å². The van der Waals surface area contributed by atoms with Gasteiger partial charge in [0.15, 0.2) is 0 Å². The van der Waals surface area contributed by atoms with Gasteiger partial charge in [-0.15, -0.1) is 11.8 Å². The Morgan fingerprint density at radius 2 is 1.96 bits per heavy atom. The van der Waals surface area contributed by atoms with Crippen LogP contribution in [0.15, 0.2) is 0 Å². The van der Waals surface area contributed by atoms with Crippen LogP contribution in [0.2, 0.25) is 0 Å². The maximum Gasteiger partial charge on any atom is 0.242 e. The summed E-state index contributed by atoms with van der Waals surface area (Å²) in [6.07, 6.45) is 6.81. The lowest BCUT2D eigenvalue weighted by atomic mass is 10.2. The molecule has 6 nitrogen and oxygen atoms in total. The van der Waals surface area contributed by atoms with E-state index in [1.165, 1.54) is 30.6 Å². The van der Waals surface area contributed by atoms with Gasteiger partial charge in [-0.05, 0) is 12.2 Å². The molecular weight excluding hydrogens is 340 g/mol. The van der Waals surface area contributed by atoms with E-state index in [4.69, 9.17) is 4.74 Å². The van der Waals surface area contributed by atoms with Gasteiger partial charge in [0.2, 0.25) is 17.7 Å². The number of hydrogen-bond donors (Lipinski definition) is 1. The number of carbonyl (C=O) groups is 3. The van der Waals surface area contributed by atoms with E-state index in [0.717, 1.165) is 12.2 Å². The van der Waals surface area contributed by atoms with Crippen molar-refractivity contribution in [2.75, 3.05) is 32.1 Å². The Morgan fingerprint density at radius 3 is 2.68 bits per heavy atom. The van der Waals surface area contributed by atoms with Gasteiger partial charge in [-0.25, -0.2) is 0 Å². The summed E-state index contributed by atoms with van der Waals surface area (Å²) < 4.78 is 5.39. The lowest BCUT2D eigenvalue weighted by Gasteiger charge is -2.15. The molecule has 0 aromatic carbocycles. The van der Waals surface area contributed by atoms with Crippen LogP contribution < -0.4 is 5.32 Å². The minimum Gasteiger partial charge on any atom is -0.378 e. The first kappa shape index (κ1) is 22.0. The van der Waals surface area contributed by atoms with Gasteiger partial charge in [0.05, 0.1) is 25.0 Å². The molecule has 0 radical (unpaired) electrons. The van der Waals surface area contributed by atoms with E-state index in [0.29, 0.717) is 39.1 Å². The van der Waals surface area contributed by atoms with E-state index in [1.54, 1.807) is 18.7 Å². The summed E-state index contributed by atoms with van der Waals surface area (Å²) in [5, 5.41) is 2.49. The number of nitrogens with one attached hydrogen (secondary N) is 1. The van der Waals surface area contributed by atoms with Gasteiger partial charge >= 0.3 is 0 Å². The van der Waals surface area contributed by atoms with Gasteiger partial charge in [0.1, 0.15) is 0 Å². The Labute approximate surface area is 155 Å². The van der Waals surface area contributed by atoms with E-state index in [2.05, 4.69) is 12.2 Å². The molecule has 1 fully saturated rings. The smallest absolute Gasteiger partial charge is 0.242 e. The average molecular weight is 373 g/mol. The molecule has 1 rings (SSSR count). The number of rotatable bonds is 14. The number of likely N-dealkylation sites (tertiary alicyclic amines) is 1. The van der Waals surface area contributed by atoms with E-state index in [1.807, 2.05) is 0 Å². The number of ether oxygens (including phenoxy) is 1. The summed E-state index contributed by atoms with van der Waals surface area (Å²) >= 11 is 1.61. The molecule has 0 bridgehead atoms. The lowest BCUT2D eigenvalue weighted by Crippen LogP contribution is -2.35. The molecule has 0 aliphatic carbocycles. The first-order valence-electron chi connectivity index (χ1n) is 9.40. The topological polar surface area (TPSA) is 75.7 Å². The molecule has 0 spiro atoms. The van der Waals surface area contributed by atoms with Crippen LogP contribution >= 0.6 is 11.8 Å². The Hall–Kier alpha value is -1.08. The molecule has 1 saturated heterocycles. The highest BCUT2D eigenvalue weighted by Crippen LogP contribution is 2.26. The van der Waals surface area contributed by atoms with Crippen LogP contribution in [-0.4, -0.2) is 59.9 Å². The molecule has 7 heteroatoms. The van der Waals surface area contributed by atoms with Crippen molar-refractivity contribution in [2.45, 2.75) is 64.0 Å². The maximum atomic E-state index is 12.3. The molecule has 1 atom stereocenters. The number of imide groups is 1. The van der Waals surface area contributed by atoms with Crippen LogP contribution in [0.3, 0.4) is 0 Å². The Kier molecular flexibility index (Phi) is 11.6. The average Bonchev–Trinajstić information content (AvgIpc) is 2.87. The zero-order chi connectivity index (χ0) is 18.5. The number of nitrogens with zero attached hydrogens (tertiary/aromatic N) is 1. The number of hydrogen-bond acceptors (Lipinski definition) is 5. The number of amides is 3. The third-order valence-electron chi connectivity index (χ3n) is 4.12. The zero-order valence-electron chi connectivity index (χ0n) is 15.6. The van der Waals surface area contributed by atoms with Crippen LogP contribution in [0.4, 0.5) is 0 Å². The van der Waals surface area contributed by atoms with Crippen molar-refractivity contribution in [3.05, 3.63) is 0 Å². The summed E-state index contributed by atoms with van der Waals surface area (Å²) in [6, 6.07) is 0. The monoisotopic (exact) mass is 372 g/mol. The molecular formula is C18H32N2O4S. The Balaban J connectivity index is 2.14. The molecule has 0 aromatic rings. The SMILES string of the molecule is CCCCCCCSC1CC(=O)N(CCOCCNC(=O)CC)C1=O. The third-order valence-corrected chi connectivity index (χ3v) is 5.41. The predicted molar refractivity (Wildman–Crippen MR) is 100 cm³/mol. The minimum atomic E-state index is -0.220. The fourth-order valence-corrected chi connectivity index (χ4v) is 3.78. The fourth-order valence-electron chi connectivity index (χ4n) is 2.59. The lowest BCUT2D eigenvalue weighted by molar-refractivity contribution is -0.139. The second-order valence-corrected chi connectivity index (χ2v) is 7.49. The Bertz CT molecular complexity index is 431. The van der Waals surface area contributed by atoms with Crippen LogP contribution in [0, 0.1) is 0 Å². The van der Waals surface area contributed by atoms with Crippen LogP contribution in [0.5, 0.6) is 0 Å². The quantitative estimate of drug-likeness (QED) is 0.374. The predicted octanol–water partition coefficient (Wildman–Crippen LogP) is 2.36. The van der Waals surface area contributed by atoms with E-state index in [9.17, 15) is 14.4 Å². The number of carbonyl (C=O) groups excluding carboxylic acids is 3. The summed E-state index contributed by atoms with van der Waals surface area (Å²) in [5.41, 5.74) is 0. The molecule has 1 unspecified atom stereocenters. The highest BCUT2D eigenvalue weighted by atomic mass is 32.2. The van der Waals surface area contributed by atoms with Crippen molar-refractivity contribution in [3.8, 4) is 0 Å². The van der Waals surface area contributed by atoms with Gasteiger partial charge in [0, 0.05) is 19.4 Å². The first-order chi connectivity index (χ1) is 12.1. The van der Waals surface area contributed by atoms with Crippen molar-refractivity contribution < 1.29 is 19.1 Å². The van der Waals surface area contributed by atoms with Crippen molar-refractivity contribution in [3.63, 3.8) is 0 Å². The van der Waals surface area contributed by atoms with Crippen molar-refractivity contribution in [1.82, 2.24) is 10.2 Å². The molecule has 1 heterocycles. The van der Waals surface area contributed by atoms with Gasteiger partial charge in [-0.1, -0.05) is 39.5 Å². The normalized spacial score (nSPS) is 17.4. The van der Waals surface area contributed by atoms with Gasteiger partial charge in [0.25, 0.3) is 0 Å². The second-order valence-electron chi connectivity index (χ2n) is 6.18. The van der Waals surface area contributed by atoms with Crippen molar-refractivity contribution in [1.29, 1.82) is 0 Å². The van der Waals surface area contributed by atoms with Crippen LogP contribution in [0.25, 0.3) is 0 Å². The Morgan fingerprint density at radius 1 is 1.20 bits per heavy atom. The third kappa shape index (κ3) is 8.72. The van der Waals surface area contributed by atoms with E-state index < -0.39 is 0 Å². The van der Waals surface area contributed by atoms with Crippen molar-refractivity contribution in [2.24, 2.45) is 0 Å². The fraction of sp³-hybridized carbons (Fsp3) is 0.833. The van der Waals surface area contributed by atoms with Crippen LogP contribution in [-0.2, 0) is 19.1 Å². The molecule has 1 N–H and O–H groups in total. The highest BCUT2D eigenvalue weighted by molar-refractivity contribution is 8.00. The highest BCUT2D eigenvalue weighted by Gasteiger charge is 2.38. The second kappa shape index (κ2) is 13.2. The van der Waals surface area contributed by atoms with Gasteiger partial charge < -0.3 is 10.1 Å². The number of unbranched alkanes of at least 4 members (excludes halogenated alkanes) is 4. The van der Waals surface area contributed by atoms with Crippen LogP contribution in [0.1, 0.15) is 58.8 Å². The molecule has 144 valence electrons. The van der Waals surface area contributed by atoms with Crippen molar-refractivity contribution >= 4 is 29.5 Å². The molecule has 1 aliphatic heterocycles. The minimum absolute atomic E-state index is 0.0111. The number of thioether (sulfide) groups is 1. The zero-order valence-corrected chi connectivity index (χ0v) is 16.4. The van der Waals surface area contributed by atoms with E-state index >= 15 is 0 Å². The summed E-state index contributed by atoms with van der Waals surface area (Å²) in [6.45, 7) is 5.43. The first-order valence-corrected chi connectivity index (χ1v) is 10.4. The molecule has 25 heavy (non-hydrogen) atoms. The molecule has 3 amide bonds. The summed E-state index contributed by atoms with van der Waals surface area (Å²) in [4.78, 5) is 36.7. The maximum absolute atomic E-state index is 12.3. The standard InChI is InChI=1S/C18H32N2O4S/c1-3-5-6-7-8-13-25-15-14-17(22)20(18(15)23)10-12-24-11-9-19-16(21)4-2/h15H,3-14H2,1-2H3,(H,19,21). The largest absolute Gasteiger partial charge is 0.378 e.